The first-order chi connectivity index (χ1) is 14.0. The minimum Gasteiger partial charge on any atom is -0.260 e. The van der Waals surface area contributed by atoms with E-state index in [-0.39, 0.29) is 1.43 Å². The van der Waals surface area contributed by atoms with Crippen LogP contribution in [0.3, 0.4) is 0 Å². The Bertz CT molecular complexity index is 1130. The predicted molar refractivity (Wildman–Crippen MR) is 123 cm³/mol. The summed E-state index contributed by atoms with van der Waals surface area (Å²) in [6.07, 6.45) is 14.0. The highest BCUT2D eigenvalue weighted by Crippen LogP contribution is 2.41. The van der Waals surface area contributed by atoms with E-state index >= 15 is 0 Å². The lowest BCUT2D eigenvalue weighted by Gasteiger charge is -2.17. The van der Waals surface area contributed by atoms with Gasteiger partial charge >= 0.3 is 0 Å². The highest BCUT2D eigenvalue weighted by Gasteiger charge is 2.29. The molecule has 0 bridgehead atoms. The van der Waals surface area contributed by atoms with Gasteiger partial charge in [0.15, 0.2) is 5.82 Å². The van der Waals surface area contributed by atoms with Crippen molar-refractivity contribution in [1.29, 1.82) is 0 Å². The molecule has 0 aromatic carbocycles. The Morgan fingerprint density at radius 3 is 2.69 bits per heavy atom. The first kappa shape index (κ1) is 18.2. The SMILES string of the molecule is CC1=Nc2ncc(C3=CCc4ncc(C5=C(C)CCC=C5)cc43)cc2C1C(C)C.[HH]. The molecule has 2 aliphatic carbocycles. The Hall–Kier alpha value is -2.81. The highest BCUT2D eigenvalue weighted by molar-refractivity contribution is 5.96. The maximum atomic E-state index is 4.81. The third kappa shape index (κ3) is 3.00. The molecule has 0 radical (unpaired) electrons. The third-order valence-corrected chi connectivity index (χ3v) is 6.44. The average Bonchev–Trinajstić information content (AvgIpc) is 3.27. The van der Waals surface area contributed by atoms with Crippen molar-refractivity contribution in [2.75, 3.05) is 0 Å². The molecule has 0 saturated carbocycles. The molecule has 0 fully saturated rings. The van der Waals surface area contributed by atoms with Gasteiger partial charge in [0.2, 0.25) is 0 Å². The van der Waals surface area contributed by atoms with Crippen LogP contribution >= 0.6 is 0 Å². The molecule has 2 aromatic rings. The van der Waals surface area contributed by atoms with Gasteiger partial charge in [0, 0.05) is 54.1 Å². The highest BCUT2D eigenvalue weighted by atomic mass is 14.9. The number of hydrogen-bond donors (Lipinski definition) is 0. The van der Waals surface area contributed by atoms with Crippen molar-refractivity contribution >= 4 is 22.7 Å². The molecule has 0 N–H and O–H groups in total. The number of nitrogens with zero attached hydrogens (tertiary/aromatic N) is 3. The molecule has 3 aliphatic rings. The van der Waals surface area contributed by atoms with E-state index in [0.29, 0.717) is 11.8 Å². The van der Waals surface area contributed by atoms with Gasteiger partial charge in [-0.3, -0.25) is 4.98 Å². The van der Waals surface area contributed by atoms with Gasteiger partial charge in [0.05, 0.1) is 5.69 Å². The van der Waals surface area contributed by atoms with E-state index in [1.807, 2.05) is 12.4 Å². The molecular weight excluding hydrogens is 354 g/mol. The van der Waals surface area contributed by atoms with Crippen LogP contribution in [-0.2, 0) is 6.42 Å². The van der Waals surface area contributed by atoms with Crippen LogP contribution in [0.4, 0.5) is 5.82 Å². The van der Waals surface area contributed by atoms with Crippen LogP contribution in [0, 0.1) is 5.92 Å². The molecule has 3 heterocycles. The number of pyridine rings is 2. The summed E-state index contributed by atoms with van der Waals surface area (Å²) >= 11 is 0. The first-order valence-corrected chi connectivity index (χ1v) is 10.6. The Balaban J connectivity index is 0.00000218. The zero-order valence-electron chi connectivity index (χ0n) is 17.7. The van der Waals surface area contributed by atoms with Gasteiger partial charge in [-0.2, -0.15) is 0 Å². The number of rotatable bonds is 3. The zero-order valence-corrected chi connectivity index (χ0v) is 17.7. The fourth-order valence-electron chi connectivity index (χ4n) is 4.99. The molecule has 29 heavy (non-hydrogen) atoms. The molecule has 1 aliphatic heterocycles. The van der Waals surface area contributed by atoms with Crippen LogP contribution < -0.4 is 0 Å². The summed E-state index contributed by atoms with van der Waals surface area (Å²) in [5.74, 6) is 1.77. The molecule has 5 rings (SSSR count). The lowest BCUT2D eigenvalue weighted by Crippen LogP contribution is -2.11. The normalized spacial score (nSPS) is 20.1. The minimum atomic E-state index is 0. The summed E-state index contributed by atoms with van der Waals surface area (Å²) in [6, 6.07) is 4.64. The largest absolute Gasteiger partial charge is 0.260 e. The summed E-state index contributed by atoms with van der Waals surface area (Å²) in [6.45, 7) is 8.89. The van der Waals surface area contributed by atoms with Crippen LogP contribution in [0.1, 0.15) is 75.8 Å². The van der Waals surface area contributed by atoms with Crippen molar-refractivity contribution < 1.29 is 1.43 Å². The maximum absolute atomic E-state index is 4.81. The average molecular weight is 384 g/mol. The summed E-state index contributed by atoms with van der Waals surface area (Å²) in [5.41, 5.74) is 11.3. The van der Waals surface area contributed by atoms with Crippen LogP contribution in [0.2, 0.25) is 0 Å². The van der Waals surface area contributed by atoms with Gasteiger partial charge in [-0.15, -0.1) is 0 Å². The molecule has 1 atom stereocenters. The van der Waals surface area contributed by atoms with E-state index < -0.39 is 0 Å². The lowest BCUT2D eigenvalue weighted by atomic mass is 9.86. The topological polar surface area (TPSA) is 38.1 Å². The van der Waals surface area contributed by atoms with Gasteiger partial charge in [-0.05, 0) is 55.9 Å². The molecule has 1 unspecified atom stereocenters. The molecule has 3 heteroatoms. The second kappa shape index (κ2) is 6.91. The lowest BCUT2D eigenvalue weighted by molar-refractivity contribution is 0.608. The van der Waals surface area contributed by atoms with Crippen LogP contribution in [0.15, 0.2) is 53.3 Å². The Morgan fingerprint density at radius 1 is 1.07 bits per heavy atom. The Labute approximate surface area is 174 Å². The van der Waals surface area contributed by atoms with E-state index in [0.717, 1.165) is 30.8 Å². The van der Waals surface area contributed by atoms with E-state index in [1.54, 1.807) is 0 Å². The maximum Gasteiger partial charge on any atom is 0.155 e. The molecular formula is C26H29N3. The van der Waals surface area contributed by atoms with Crippen molar-refractivity contribution in [2.45, 2.75) is 52.9 Å². The van der Waals surface area contributed by atoms with E-state index in [1.165, 1.54) is 44.7 Å². The molecule has 148 valence electrons. The second-order valence-electron chi connectivity index (χ2n) is 8.79. The number of aromatic nitrogens is 2. The molecule has 0 saturated heterocycles. The van der Waals surface area contributed by atoms with Crippen LogP contribution in [-0.4, -0.2) is 15.7 Å². The van der Waals surface area contributed by atoms with Gasteiger partial charge in [0.25, 0.3) is 0 Å². The molecule has 0 amide bonds. The molecule has 3 nitrogen and oxygen atoms in total. The van der Waals surface area contributed by atoms with Gasteiger partial charge in [-0.1, -0.05) is 37.6 Å². The van der Waals surface area contributed by atoms with Crippen molar-refractivity contribution in [3.05, 3.63) is 76.3 Å². The first-order valence-electron chi connectivity index (χ1n) is 10.6. The van der Waals surface area contributed by atoms with Crippen molar-refractivity contribution in [1.82, 2.24) is 9.97 Å². The minimum absolute atomic E-state index is 0. The van der Waals surface area contributed by atoms with Crippen molar-refractivity contribution in [3.63, 3.8) is 0 Å². The Morgan fingerprint density at radius 2 is 1.90 bits per heavy atom. The summed E-state index contributed by atoms with van der Waals surface area (Å²) in [7, 11) is 0. The van der Waals surface area contributed by atoms with Gasteiger partial charge in [0.1, 0.15) is 0 Å². The van der Waals surface area contributed by atoms with Crippen molar-refractivity contribution in [3.8, 4) is 0 Å². The standard InChI is InChI=1S/C26H27N3.H2/c1-15(2)25-17(4)29-26-23(25)12-19(14-28-26)21-9-10-24-22(21)11-18(13-27-24)20-8-6-5-7-16(20)3;/h6,8-9,11-15,25H,5,7,10H2,1-4H3;1H. The zero-order chi connectivity index (χ0) is 20.1. The van der Waals surface area contributed by atoms with E-state index in [2.05, 4.69) is 58.1 Å². The third-order valence-electron chi connectivity index (χ3n) is 6.44. The van der Waals surface area contributed by atoms with Gasteiger partial charge in [-0.25, -0.2) is 9.98 Å². The van der Waals surface area contributed by atoms with Crippen LogP contribution in [0.25, 0.3) is 11.1 Å². The predicted octanol–water partition coefficient (Wildman–Crippen LogP) is 6.68. The quantitative estimate of drug-likeness (QED) is 0.593. The van der Waals surface area contributed by atoms with Gasteiger partial charge < -0.3 is 0 Å². The number of fused-ring (bicyclic) bond motifs is 2. The molecule has 2 aromatic heterocycles. The molecule has 0 spiro atoms. The van der Waals surface area contributed by atoms with Crippen LogP contribution in [0.5, 0.6) is 0 Å². The summed E-state index contributed by atoms with van der Waals surface area (Å²) in [5, 5.41) is 0. The monoisotopic (exact) mass is 383 g/mol. The smallest absolute Gasteiger partial charge is 0.155 e. The number of aliphatic imine (C=N–C) groups is 1. The van der Waals surface area contributed by atoms with Crippen molar-refractivity contribution in [2.24, 2.45) is 10.9 Å². The summed E-state index contributed by atoms with van der Waals surface area (Å²) in [4.78, 5) is 14.2. The fraction of sp³-hybridized carbons (Fsp3) is 0.346. The Kier molecular flexibility index (Phi) is 4.34. The van der Waals surface area contributed by atoms with E-state index in [4.69, 9.17) is 15.0 Å². The number of hydrogen-bond acceptors (Lipinski definition) is 3. The van der Waals surface area contributed by atoms with E-state index in [9.17, 15) is 0 Å². The number of allylic oxidation sites excluding steroid dienone is 5. The fourth-order valence-corrected chi connectivity index (χ4v) is 4.99. The summed E-state index contributed by atoms with van der Waals surface area (Å²) < 4.78 is 0. The second-order valence-corrected chi connectivity index (χ2v) is 8.79.